The fourth-order valence-corrected chi connectivity index (χ4v) is 3.01. The number of hydrogen-bond donors (Lipinski definition) is 0. The van der Waals surface area contributed by atoms with Crippen LogP contribution in [0.25, 0.3) is 16.5 Å². The molecule has 0 spiro atoms. The summed E-state index contributed by atoms with van der Waals surface area (Å²) >= 11 is 0. The predicted octanol–water partition coefficient (Wildman–Crippen LogP) is 4.07. The van der Waals surface area contributed by atoms with Gasteiger partial charge in [0.2, 0.25) is 5.69 Å². The van der Waals surface area contributed by atoms with Gasteiger partial charge in [-0.15, -0.1) is 0 Å². The van der Waals surface area contributed by atoms with Crippen molar-refractivity contribution in [2.24, 2.45) is 0 Å². The Hall–Kier alpha value is -3.93. The molecule has 0 bridgehead atoms. The summed E-state index contributed by atoms with van der Waals surface area (Å²) in [5.74, 6) is -0.728. The van der Waals surface area contributed by atoms with E-state index in [-0.39, 0.29) is 23.8 Å². The van der Waals surface area contributed by atoms with Crippen molar-refractivity contribution in [3.63, 3.8) is 0 Å². The second kappa shape index (κ2) is 7.98. The maximum atomic E-state index is 12.5. The maximum Gasteiger partial charge on any atom is 0.363 e. The van der Waals surface area contributed by atoms with Crippen LogP contribution in [0.3, 0.4) is 0 Å². The zero-order chi connectivity index (χ0) is 20.2. The van der Waals surface area contributed by atoms with Gasteiger partial charge >= 0.3 is 5.97 Å². The van der Waals surface area contributed by atoms with Gasteiger partial charge in [0.1, 0.15) is 0 Å². The van der Waals surface area contributed by atoms with E-state index in [1.165, 1.54) is 11.8 Å². The number of carbonyl (C=O) groups is 2. The highest BCUT2D eigenvalue weighted by atomic mass is 16.5. The van der Waals surface area contributed by atoms with Gasteiger partial charge in [0, 0.05) is 5.56 Å². The normalized spacial score (nSPS) is 10.7. The van der Waals surface area contributed by atoms with Crippen LogP contribution in [0, 0.1) is 0 Å². The minimum atomic E-state index is -0.717. The number of para-hydroxylation sites is 1. The molecule has 1 heterocycles. The summed E-state index contributed by atoms with van der Waals surface area (Å²) in [6.07, 6.45) is 1.59. The van der Waals surface area contributed by atoms with Gasteiger partial charge in [0.05, 0.1) is 19.0 Å². The minimum absolute atomic E-state index is 0.0164. The average molecular weight is 386 g/mol. The van der Waals surface area contributed by atoms with Gasteiger partial charge in [-0.1, -0.05) is 54.6 Å². The molecule has 6 heteroatoms. The number of Topliss-reactive ketones (excluding diaryl/α,β-unsaturated/α-hetero) is 1. The van der Waals surface area contributed by atoms with E-state index in [9.17, 15) is 9.59 Å². The van der Waals surface area contributed by atoms with Crippen LogP contribution in [0.1, 0.15) is 20.8 Å². The lowest BCUT2D eigenvalue weighted by Crippen LogP contribution is -2.15. The Kier molecular flexibility index (Phi) is 5.07. The van der Waals surface area contributed by atoms with E-state index >= 15 is 0 Å². The molecule has 0 saturated carbocycles. The molecule has 144 valence electrons. The first-order valence-electron chi connectivity index (χ1n) is 9.04. The van der Waals surface area contributed by atoms with E-state index in [2.05, 4.69) is 5.10 Å². The summed E-state index contributed by atoms with van der Waals surface area (Å²) in [5, 5.41) is 6.24. The average Bonchev–Trinajstić information content (AvgIpc) is 3.22. The number of methoxy groups -OCH3 is 1. The third-order valence-electron chi connectivity index (χ3n) is 4.52. The third kappa shape index (κ3) is 3.87. The van der Waals surface area contributed by atoms with Crippen LogP contribution in [0.5, 0.6) is 5.75 Å². The van der Waals surface area contributed by atoms with Gasteiger partial charge in [0.15, 0.2) is 18.1 Å². The van der Waals surface area contributed by atoms with Crippen molar-refractivity contribution in [1.29, 1.82) is 0 Å². The molecule has 0 radical (unpaired) electrons. The van der Waals surface area contributed by atoms with Crippen molar-refractivity contribution in [2.75, 3.05) is 13.7 Å². The molecule has 0 aliphatic rings. The summed E-state index contributed by atoms with van der Waals surface area (Å²) in [6.45, 7) is -0.376. The van der Waals surface area contributed by atoms with Crippen LogP contribution in [-0.4, -0.2) is 35.2 Å². The van der Waals surface area contributed by atoms with Gasteiger partial charge in [-0.2, -0.15) is 5.10 Å². The number of nitrogens with zero attached hydrogens (tertiary/aromatic N) is 2. The third-order valence-corrected chi connectivity index (χ3v) is 4.52. The smallest absolute Gasteiger partial charge is 0.363 e. The van der Waals surface area contributed by atoms with Crippen molar-refractivity contribution in [3.8, 4) is 11.4 Å². The number of benzene rings is 3. The number of aromatic nitrogens is 2. The summed E-state index contributed by atoms with van der Waals surface area (Å²) < 4.78 is 12.0. The van der Waals surface area contributed by atoms with Crippen molar-refractivity contribution in [3.05, 3.63) is 90.3 Å². The summed E-state index contributed by atoms with van der Waals surface area (Å²) in [4.78, 5) is 25.0. The van der Waals surface area contributed by atoms with Crippen molar-refractivity contribution in [2.45, 2.75) is 0 Å². The Morgan fingerprint density at radius 1 is 0.931 bits per heavy atom. The summed E-state index contributed by atoms with van der Waals surface area (Å²) in [5.41, 5.74) is 1.28. The number of carbonyl (C=O) groups excluding carboxylic acids is 2. The van der Waals surface area contributed by atoms with Crippen LogP contribution in [0.2, 0.25) is 0 Å². The lowest BCUT2D eigenvalue weighted by Gasteiger charge is -2.05. The lowest BCUT2D eigenvalue weighted by atomic mass is 10.0. The molecule has 0 aliphatic carbocycles. The van der Waals surface area contributed by atoms with Gasteiger partial charge in [-0.3, -0.25) is 4.79 Å². The molecule has 0 saturated heterocycles. The molecule has 0 fully saturated rings. The van der Waals surface area contributed by atoms with Gasteiger partial charge in [-0.25, -0.2) is 9.48 Å². The zero-order valence-electron chi connectivity index (χ0n) is 15.7. The molecule has 1 aromatic heterocycles. The van der Waals surface area contributed by atoms with Gasteiger partial charge < -0.3 is 9.47 Å². The Balaban J connectivity index is 1.49. The fourth-order valence-electron chi connectivity index (χ4n) is 3.01. The molecule has 0 atom stereocenters. The number of esters is 1. The molecular weight excluding hydrogens is 368 g/mol. The quantitative estimate of drug-likeness (QED) is 0.369. The standard InChI is InChI=1S/C23H18N2O4/c1-28-21-14-25(19-9-3-2-4-10-19)24-22(21)23(27)29-15-20(26)18-12-11-16-7-5-6-8-17(16)13-18/h2-14H,15H2,1H3. The topological polar surface area (TPSA) is 70.4 Å². The van der Waals surface area contributed by atoms with Crippen LogP contribution >= 0.6 is 0 Å². The number of ketones is 1. The summed E-state index contributed by atoms with van der Waals surface area (Å²) in [6, 6.07) is 22.5. The predicted molar refractivity (Wildman–Crippen MR) is 109 cm³/mol. The molecule has 4 rings (SSSR count). The summed E-state index contributed by atoms with van der Waals surface area (Å²) in [7, 11) is 1.45. The van der Waals surface area contributed by atoms with Crippen LogP contribution < -0.4 is 4.74 Å². The number of rotatable bonds is 6. The highest BCUT2D eigenvalue weighted by Crippen LogP contribution is 2.21. The van der Waals surface area contributed by atoms with Gasteiger partial charge in [0.25, 0.3) is 0 Å². The van der Waals surface area contributed by atoms with E-state index in [1.807, 2.05) is 60.7 Å². The van der Waals surface area contributed by atoms with Crippen molar-refractivity contribution < 1.29 is 19.1 Å². The van der Waals surface area contributed by atoms with E-state index in [4.69, 9.17) is 9.47 Å². The molecule has 0 unspecified atom stereocenters. The Bertz CT molecular complexity index is 1180. The maximum absolute atomic E-state index is 12.5. The number of hydrogen-bond acceptors (Lipinski definition) is 5. The fraction of sp³-hybridized carbons (Fsp3) is 0.0870. The van der Waals surface area contributed by atoms with Crippen LogP contribution in [0.4, 0.5) is 0 Å². The molecule has 3 aromatic carbocycles. The Morgan fingerprint density at radius 3 is 2.41 bits per heavy atom. The first-order valence-corrected chi connectivity index (χ1v) is 9.04. The largest absolute Gasteiger partial charge is 0.493 e. The zero-order valence-corrected chi connectivity index (χ0v) is 15.7. The molecule has 6 nitrogen and oxygen atoms in total. The van der Waals surface area contributed by atoms with Crippen LogP contribution in [-0.2, 0) is 4.74 Å². The van der Waals surface area contributed by atoms with E-state index in [0.717, 1.165) is 16.5 Å². The SMILES string of the molecule is COc1cn(-c2ccccc2)nc1C(=O)OCC(=O)c1ccc2ccccc2c1. The first-order chi connectivity index (χ1) is 14.2. The molecule has 0 aliphatic heterocycles. The number of ether oxygens (including phenoxy) is 2. The first kappa shape index (κ1) is 18.4. The van der Waals surface area contributed by atoms with E-state index < -0.39 is 5.97 Å². The highest BCUT2D eigenvalue weighted by molar-refractivity contribution is 6.02. The van der Waals surface area contributed by atoms with Crippen LogP contribution in [0.15, 0.2) is 79.0 Å². The molecular formula is C23H18N2O4. The second-order valence-corrected chi connectivity index (χ2v) is 6.39. The molecule has 0 N–H and O–H groups in total. The van der Waals surface area contributed by atoms with E-state index in [0.29, 0.717) is 5.56 Å². The Labute approximate surface area is 167 Å². The molecule has 0 amide bonds. The minimum Gasteiger partial charge on any atom is -0.493 e. The molecule has 29 heavy (non-hydrogen) atoms. The second-order valence-electron chi connectivity index (χ2n) is 6.39. The Morgan fingerprint density at radius 2 is 1.66 bits per heavy atom. The number of fused-ring (bicyclic) bond motifs is 1. The lowest BCUT2D eigenvalue weighted by molar-refractivity contribution is 0.0465. The molecule has 4 aromatic rings. The van der Waals surface area contributed by atoms with E-state index in [1.54, 1.807) is 18.3 Å². The van der Waals surface area contributed by atoms with Gasteiger partial charge in [-0.05, 0) is 29.0 Å². The highest BCUT2D eigenvalue weighted by Gasteiger charge is 2.21. The van der Waals surface area contributed by atoms with Crippen molar-refractivity contribution in [1.82, 2.24) is 9.78 Å². The monoisotopic (exact) mass is 386 g/mol. The van der Waals surface area contributed by atoms with Crippen molar-refractivity contribution >= 4 is 22.5 Å².